The lowest BCUT2D eigenvalue weighted by Crippen LogP contribution is -2.42. The zero-order valence-electron chi connectivity index (χ0n) is 11.4. The maximum Gasteiger partial charge on any atom is 0.307 e. The molecule has 0 spiro atoms. The summed E-state index contributed by atoms with van der Waals surface area (Å²) in [5.74, 6) is -1.70. The van der Waals surface area contributed by atoms with E-state index in [1.54, 1.807) is 0 Å². The molecule has 1 heterocycles. The lowest BCUT2D eigenvalue weighted by molar-refractivity contribution is -0.148. The number of rotatable bonds is 5. The van der Waals surface area contributed by atoms with Gasteiger partial charge in [0.05, 0.1) is 11.8 Å². The second-order valence-electron chi connectivity index (χ2n) is 5.68. The number of hydrogen-bond acceptors (Lipinski definition) is 3. The molecule has 1 saturated carbocycles. The van der Waals surface area contributed by atoms with Crippen LogP contribution in [0.25, 0.3) is 0 Å². The SMILES string of the molecule is O=C(O)C1CCCCC1C(=O)NCCN1CCCC1. The minimum Gasteiger partial charge on any atom is -0.481 e. The molecule has 2 rings (SSSR count). The van der Waals surface area contributed by atoms with Gasteiger partial charge in [-0.25, -0.2) is 0 Å². The number of likely N-dealkylation sites (tertiary alicyclic amines) is 1. The monoisotopic (exact) mass is 268 g/mol. The van der Waals surface area contributed by atoms with Crippen LogP contribution in [-0.2, 0) is 9.59 Å². The summed E-state index contributed by atoms with van der Waals surface area (Å²) in [5.41, 5.74) is 0. The molecule has 1 aliphatic carbocycles. The van der Waals surface area contributed by atoms with Gasteiger partial charge in [-0.15, -0.1) is 0 Å². The van der Waals surface area contributed by atoms with Crippen molar-refractivity contribution in [2.45, 2.75) is 38.5 Å². The van der Waals surface area contributed by atoms with E-state index in [9.17, 15) is 9.59 Å². The minimum atomic E-state index is -0.820. The van der Waals surface area contributed by atoms with Crippen molar-refractivity contribution >= 4 is 11.9 Å². The summed E-state index contributed by atoms with van der Waals surface area (Å²) in [6.45, 7) is 3.77. The molecule has 2 fully saturated rings. The molecule has 1 amide bonds. The van der Waals surface area contributed by atoms with Gasteiger partial charge >= 0.3 is 5.97 Å². The van der Waals surface area contributed by atoms with Gasteiger partial charge < -0.3 is 15.3 Å². The molecule has 0 aromatic rings. The molecule has 1 aliphatic heterocycles. The van der Waals surface area contributed by atoms with E-state index in [0.717, 1.165) is 32.5 Å². The number of nitrogens with zero attached hydrogens (tertiary/aromatic N) is 1. The summed E-state index contributed by atoms with van der Waals surface area (Å²) >= 11 is 0. The Balaban J connectivity index is 1.75. The zero-order chi connectivity index (χ0) is 13.7. The molecule has 2 N–H and O–H groups in total. The second-order valence-corrected chi connectivity index (χ2v) is 5.68. The maximum absolute atomic E-state index is 12.1. The molecule has 108 valence electrons. The number of carbonyl (C=O) groups is 2. The van der Waals surface area contributed by atoms with Gasteiger partial charge in [0, 0.05) is 13.1 Å². The van der Waals surface area contributed by atoms with E-state index in [-0.39, 0.29) is 11.8 Å². The second kappa shape index (κ2) is 6.89. The molecule has 5 heteroatoms. The van der Waals surface area contributed by atoms with Crippen LogP contribution >= 0.6 is 0 Å². The van der Waals surface area contributed by atoms with Crippen LogP contribution in [0.15, 0.2) is 0 Å². The van der Waals surface area contributed by atoms with Crippen molar-refractivity contribution in [3.05, 3.63) is 0 Å². The topological polar surface area (TPSA) is 69.6 Å². The third kappa shape index (κ3) is 3.93. The largest absolute Gasteiger partial charge is 0.481 e. The van der Waals surface area contributed by atoms with Crippen molar-refractivity contribution in [3.63, 3.8) is 0 Å². The Kier molecular flexibility index (Phi) is 5.19. The lowest BCUT2D eigenvalue weighted by atomic mass is 9.79. The molecule has 2 aliphatic rings. The smallest absolute Gasteiger partial charge is 0.307 e. The molecule has 0 radical (unpaired) electrons. The van der Waals surface area contributed by atoms with Crippen molar-refractivity contribution in [1.29, 1.82) is 0 Å². The number of aliphatic carboxylic acids is 1. The summed E-state index contributed by atoms with van der Waals surface area (Å²) in [5, 5.41) is 12.1. The molecule has 1 saturated heterocycles. The molecule has 0 aromatic heterocycles. The van der Waals surface area contributed by atoms with Gasteiger partial charge in [0.15, 0.2) is 0 Å². The molecule has 2 atom stereocenters. The number of carboxylic acid groups (broad SMARTS) is 1. The zero-order valence-corrected chi connectivity index (χ0v) is 11.4. The maximum atomic E-state index is 12.1. The predicted molar refractivity (Wildman–Crippen MR) is 71.8 cm³/mol. The van der Waals surface area contributed by atoms with E-state index in [2.05, 4.69) is 10.2 Å². The predicted octanol–water partition coefficient (Wildman–Crippen LogP) is 1.09. The van der Waals surface area contributed by atoms with Gasteiger partial charge in [-0.05, 0) is 38.8 Å². The number of amides is 1. The highest BCUT2D eigenvalue weighted by molar-refractivity contribution is 5.84. The van der Waals surface area contributed by atoms with Gasteiger partial charge in [-0.2, -0.15) is 0 Å². The molecule has 5 nitrogen and oxygen atoms in total. The standard InChI is InChI=1S/C14H24N2O3/c17-13(15-7-10-16-8-3-4-9-16)11-5-1-2-6-12(11)14(18)19/h11-12H,1-10H2,(H,15,17)(H,18,19). The van der Waals surface area contributed by atoms with Crippen molar-refractivity contribution in [2.75, 3.05) is 26.2 Å². The fourth-order valence-electron chi connectivity index (χ4n) is 3.21. The van der Waals surface area contributed by atoms with E-state index >= 15 is 0 Å². The Morgan fingerprint density at radius 3 is 2.32 bits per heavy atom. The van der Waals surface area contributed by atoms with E-state index < -0.39 is 11.9 Å². The normalized spacial score (nSPS) is 28.2. The summed E-state index contributed by atoms with van der Waals surface area (Å²) in [7, 11) is 0. The Morgan fingerprint density at radius 1 is 1.05 bits per heavy atom. The van der Waals surface area contributed by atoms with Crippen LogP contribution in [0, 0.1) is 11.8 Å². The summed E-state index contributed by atoms with van der Waals surface area (Å²) in [6.07, 6.45) is 5.74. The van der Waals surface area contributed by atoms with Gasteiger partial charge in [0.25, 0.3) is 0 Å². The Morgan fingerprint density at radius 2 is 1.68 bits per heavy atom. The number of carboxylic acids is 1. The highest BCUT2D eigenvalue weighted by atomic mass is 16.4. The van der Waals surface area contributed by atoms with Gasteiger partial charge in [0.2, 0.25) is 5.91 Å². The van der Waals surface area contributed by atoms with Gasteiger partial charge in [-0.3, -0.25) is 9.59 Å². The van der Waals surface area contributed by atoms with Crippen LogP contribution in [0.5, 0.6) is 0 Å². The van der Waals surface area contributed by atoms with E-state index in [0.29, 0.717) is 19.4 Å². The van der Waals surface area contributed by atoms with Crippen molar-refractivity contribution < 1.29 is 14.7 Å². The average Bonchev–Trinajstić information content (AvgIpc) is 2.91. The highest BCUT2D eigenvalue weighted by Gasteiger charge is 2.35. The third-order valence-electron chi connectivity index (χ3n) is 4.35. The molecular formula is C14H24N2O3. The van der Waals surface area contributed by atoms with Crippen LogP contribution in [0.4, 0.5) is 0 Å². The van der Waals surface area contributed by atoms with E-state index in [4.69, 9.17) is 5.11 Å². The van der Waals surface area contributed by atoms with Gasteiger partial charge in [-0.1, -0.05) is 12.8 Å². The Labute approximate surface area is 114 Å². The molecule has 0 aromatic carbocycles. The number of nitrogens with one attached hydrogen (secondary N) is 1. The van der Waals surface area contributed by atoms with Crippen LogP contribution in [0.3, 0.4) is 0 Å². The first kappa shape index (κ1) is 14.3. The van der Waals surface area contributed by atoms with E-state index in [1.165, 1.54) is 12.8 Å². The quantitative estimate of drug-likeness (QED) is 0.783. The highest BCUT2D eigenvalue weighted by Crippen LogP contribution is 2.30. The third-order valence-corrected chi connectivity index (χ3v) is 4.35. The first-order chi connectivity index (χ1) is 9.18. The first-order valence-electron chi connectivity index (χ1n) is 7.41. The van der Waals surface area contributed by atoms with Crippen molar-refractivity contribution in [1.82, 2.24) is 10.2 Å². The Bertz CT molecular complexity index is 327. The first-order valence-corrected chi connectivity index (χ1v) is 7.41. The van der Waals surface area contributed by atoms with Crippen LogP contribution in [0.1, 0.15) is 38.5 Å². The summed E-state index contributed by atoms with van der Waals surface area (Å²) in [6, 6.07) is 0. The van der Waals surface area contributed by atoms with Crippen molar-refractivity contribution in [3.8, 4) is 0 Å². The lowest BCUT2D eigenvalue weighted by Gasteiger charge is -2.27. The molecule has 19 heavy (non-hydrogen) atoms. The minimum absolute atomic E-state index is 0.0636. The van der Waals surface area contributed by atoms with E-state index in [1.807, 2.05) is 0 Å². The average molecular weight is 268 g/mol. The van der Waals surface area contributed by atoms with Crippen LogP contribution in [0.2, 0.25) is 0 Å². The van der Waals surface area contributed by atoms with Crippen LogP contribution in [-0.4, -0.2) is 48.1 Å². The fourth-order valence-corrected chi connectivity index (χ4v) is 3.21. The number of hydrogen-bond donors (Lipinski definition) is 2. The molecule has 0 bridgehead atoms. The fraction of sp³-hybridized carbons (Fsp3) is 0.857. The van der Waals surface area contributed by atoms with Crippen molar-refractivity contribution in [2.24, 2.45) is 11.8 Å². The van der Waals surface area contributed by atoms with Crippen LogP contribution < -0.4 is 5.32 Å². The number of carbonyl (C=O) groups excluding carboxylic acids is 1. The Hall–Kier alpha value is -1.10. The summed E-state index contributed by atoms with van der Waals surface area (Å²) in [4.78, 5) is 25.6. The molecular weight excluding hydrogens is 244 g/mol. The summed E-state index contributed by atoms with van der Waals surface area (Å²) < 4.78 is 0. The van der Waals surface area contributed by atoms with Gasteiger partial charge in [0.1, 0.15) is 0 Å². The molecule has 2 unspecified atom stereocenters.